The number of carbonyl (C=O) groups is 2. The summed E-state index contributed by atoms with van der Waals surface area (Å²) in [6.45, 7) is 1.90. The highest BCUT2D eigenvalue weighted by Gasteiger charge is 2.53. The van der Waals surface area contributed by atoms with E-state index in [1.165, 1.54) is 11.8 Å². The predicted molar refractivity (Wildman–Crippen MR) is 129 cm³/mol. The third-order valence-corrected chi connectivity index (χ3v) is 7.74. The first-order valence-electron chi connectivity index (χ1n) is 11.8. The molecule has 2 aliphatic heterocycles. The standard InChI is InChI=1S/C25H25ClF3N3O5/c1-24(23(34)35)11-8-19(17-4-2-3-5-18(17)26)31(24)22(33)15-9-12-30(13-10-15)20-7-6-16(25(27,28)29)14-21(20)32(36)37/h2-7,14-15,19H,8-13H2,1H3,(H,34,35)/t19-,24+/m1/s1. The van der Waals surface area contributed by atoms with E-state index in [0.29, 0.717) is 23.1 Å². The highest BCUT2D eigenvalue weighted by Crippen LogP contribution is 2.46. The first-order valence-corrected chi connectivity index (χ1v) is 12.1. The van der Waals surface area contributed by atoms with Crippen LogP contribution in [0, 0.1) is 16.0 Å². The van der Waals surface area contributed by atoms with Crippen LogP contribution in [-0.4, -0.2) is 45.4 Å². The van der Waals surface area contributed by atoms with Crippen LogP contribution in [0.15, 0.2) is 42.5 Å². The number of rotatable bonds is 5. The van der Waals surface area contributed by atoms with Crippen molar-refractivity contribution in [2.24, 2.45) is 5.92 Å². The Labute approximate surface area is 215 Å². The van der Waals surface area contributed by atoms with E-state index in [2.05, 4.69) is 0 Å². The number of carboxylic acids is 1. The molecule has 2 aromatic carbocycles. The maximum atomic E-state index is 13.8. The Bertz CT molecular complexity index is 1230. The number of halogens is 4. The van der Waals surface area contributed by atoms with Crippen molar-refractivity contribution >= 4 is 34.9 Å². The lowest BCUT2D eigenvalue weighted by Gasteiger charge is -2.40. The topological polar surface area (TPSA) is 104 Å². The van der Waals surface area contributed by atoms with E-state index in [9.17, 15) is 38.0 Å². The number of carbonyl (C=O) groups excluding carboxylic acids is 1. The molecule has 8 nitrogen and oxygen atoms in total. The second kappa shape index (κ2) is 9.85. The van der Waals surface area contributed by atoms with Gasteiger partial charge < -0.3 is 14.9 Å². The quantitative estimate of drug-likeness (QED) is 0.387. The van der Waals surface area contributed by atoms with Crippen LogP contribution in [0.3, 0.4) is 0 Å². The zero-order chi connectivity index (χ0) is 27.1. The summed E-state index contributed by atoms with van der Waals surface area (Å²) < 4.78 is 39.2. The molecule has 0 radical (unpaired) electrons. The number of amides is 1. The summed E-state index contributed by atoms with van der Waals surface area (Å²) in [7, 11) is 0. The molecule has 12 heteroatoms. The van der Waals surface area contributed by atoms with Crippen LogP contribution in [0.1, 0.15) is 49.8 Å². The number of benzene rings is 2. The summed E-state index contributed by atoms with van der Waals surface area (Å²) in [4.78, 5) is 39.7. The number of hydrogen-bond donors (Lipinski definition) is 1. The summed E-state index contributed by atoms with van der Waals surface area (Å²) in [5.74, 6) is -2.01. The number of nitro benzene ring substituents is 1. The number of aliphatic carboxylic acids is 1. The average Bonchev–Trinajstić information content (AvgIpc) is 3.21. The molecular formula is C25H25ClF3N3O5. The Balaban J connectivity index is 1.57. The van der Waals surface area contributed by atoms with Crippen molar-refractivity contribution in [1.82, 2.24) is 4.90 Å². The smallest absolute Gasteiger partial charge is 0.416 e. The van der Waals surface area contributed by atoms with Crippen LogP contribution >= 0.6 is 11.6 Å². The van der Waals surface area contributed by atoms with Gasteiger partial charge in [0.15, 0.2) is 0 Å². The molecule has 0 saturated carbocycles. The fourth-order valence-electron chi connectivity index (χ4n) is 5.34. The molecule has 1 N–H and O–H groups in total. The summed E-state index contributed by atoms with van der Waals surface area (Å²) in [5.41, 5.74) is -2.48. The molecule has 1 amide bonds. The van der Waals surface area contributed by atoms with Crippen LogP contribution < -0.4 is 4.90 Å². The van der Waals surface area contributed by atoms with E-state index < -0.39 is 45.8 Å². The van der Waals surface area contributed by atoms with Crippen LogP contribution in [0.5, 0.6) is 0 Å². The van der Waals surface area contributed by atoms with E-state index >= 15 is 0 Å². The number of anilines is 1. The summed E-state index contributed by atoms with van der Waals surface area (Å²) in [6.07, 6.45) is -3.51. The number of nitrogens with zero attached hydrogens (tertiary/aromatic N) is 3. The molecule has 0 spiro atoms. The van der Waals surface area contributed by atoms with Crippen LogP contribution in [-0.2, 0) is 15.8 Å². The Morgan fingerprint density at radius 3 is 2.35 bits per heavy atom. The van der Waals surface area contributed by atoms with Crippen molar-refractivity contribution in [3.8, 4) is 0 Å². The fraction of sp³-hybridized carbons (Fsp3) is 0.440. The molecule has 0 unspecified atom stereocenters. The van der Waals surface area contributed by atoms with Crippen LogP contribution in [0.25, 0.3) is 0 Å². The van der Waals surface area contributed by atoms with Gasteiger partial charge in [-0.1, -0.05) is 29.8 Å². The minimum Gasteiger partial charge on any atom is -0.480 e. The second-order valence-electron chi connectivity index (χ2n) is 9.58. The van der Waals surface area contributed by atoms with Gasteiger partial charge in [-0.25, -0.2) is 4.79 Å². The molecule has 2 fully saturated rings. The molecule has 0 aliphatic carbocycles. The van der Waals surface area contributed by atoms with Gasteiger partial charge in [-0.15, -0.1) is 0 Å². The van der Waals surface area contributed by atoms with E-state index in [0.717, 1.165) is 12.1 Å². The molecule has 198 valence electrons. The number of likely N-dealkylation sites (tertiary alicyclic amines) is 1. The Hall–Kier alpha value is -3.34. The van der Waals surface area contributed by atoms with Crippen molar-refractivity contribution in [2.75, 3.05) is 18.0 Å². The number of carboxylic acid groups (broad SMARTS) is 1. The van der Waals surface area contributed by atoms with Gasteiger partial charge in [0.05, 0.1) is 16.5 Å². The number of alkyl halides is 3. The third kappa shape index (κ3) is 4.96. The van der Waals surface area contributed by atoms with Gasteiger partial charge in [0.2, 0.25) is 5.91 Å². The Morgan fingerprint density at radius 1 is 1.14 bits per heavy atom. The molecule has 2 aromatic rings. The summed E-state index contributed by atoms with van der Waals surface area (Å²) in [5, 5.41) is 21.9. The molecule has 2 heterocycles. The zero-order valence-corrected chi connectivity index (χ0v) is 20.6. The lowest BCUT2D eigenvalue weighted by atomic mass is 9.91. The average molecular weight is 540 g/mol. The molecule has 37 heavy (non-hydrogen) atoms. The zero-order valence-electron chi connectivity index (χ0n) is 19.9. The largest absolute Gasteiger partial charge is 0.480 e. The predicted octanol–water partition coefficient (Wildman–Crippen LogP) is 5.69. The fourth-order valence-corrected chi connectivity index (χ4v) is 5.60. The van der Waals surface area contributed by atoms with E-state index in [1.807, 2.05) is 0 Å². The molecular weight excluding hydrogens is 515 g/mol. The second-order valence-corrected chi connectivity index (χ2v) is 9.99. The molecule has 2 saturated heterocycles. The number of nitro groups is 1. The molecule has 2 aliphatic rings. The maximum Gasteiger partial charge on any atom is 0.416 e. The molecule has 4 rings (SSSR count). The van der Waals surface area contributed by atoms with Crippen LogP contribution in [0.4, 0.5) is 24.5 Å². The third-order valence-electron chi connectivity index (χ3n) is 7.39. The lowest BCUT2D eigenvalue weighted by Crippen LogP contribution is -2.54. The lowest BCUT2D eigenvalue weighted by molar-refractivity contribution is -0.384. The highest BCUT2D eigenvalue weighted by molar-refractivity contribution is 6.31. The molecule has 2 atom stereocenters. The van der Waals surface area contributed by atoms with Crippen molar-refractivity contribution in [2.45, 2.75) is 50.4 Å². The number of hydrogen-bond acceptors (Lipinski definition) is 5. The monoisotopic (exact) mass is 539 g/mol. The van der Waals surface area contributed by atoms with Gasteiger partial charge in [0, 0.05) is 30.1 Å². The minimum absolute atomic E-state index is 0.0504. The number of piperidine rings is 1. The summed E-state index contributed by atoms with van der Waals surface area (Å²) in [6, 6.07) is 8.86. The van der Waals surface area contributed by atoms with Gasteiger partial charge >= 0.3 is 12.1 Å². The summed E-state index contributed by atoms with van der Waals surface area (Å²) >= 11 is 6.38. The first-order chi connectivity index (χ1) is 17.3. The van der Waals surface area contributed by atoms with Crippen molar-refractivity contribution in [1.29, 1.82) is 0 Å². The molecule has 0 aromatic heterocycles. The van der Waals surface area contributed by atoms with Gasteiger partial charge in [-0.05, 0) is 56.4 Å². The van der Waals surface area contributed by atoms with E-state index in [-0.39, 0.29) is 43.9 Å². The van der Waals surface area contributed by atoms with Gasteiger partial charge in [-0.2, -0.15) is 13.2 Å². The normalized spacial score (nSPS) is 22.8. The van der Waals surface area contributed by atoms with Gasteiger partial charge in [0.25, 0.3) is 5.69 Å². The minimum atomic E-state index is -4.71. The first kappa shape index (κ1) is 26.7. The van der Waals surface area contributed by atoms with Crippen molar-refractivity contribution in [3.63, 3.8) is 0 Å². The Morgan fingerprint density at radius 2 is 1.78 bits per heavy atom. The SMILES string of the molecule is C[C@@]1(C(=O)O)CC[C@H](c2ccccc2Cl)N1C(=O)C1CCN(c2ccc(C(F)(F)F)cc2[N+](=O)[O-])CC1. The van der Waals surface area contributed by atoms with Gasteiger partial charge in [0.1, 0.15) is 11.2 Å². The van der Waals surface area contributed by atoms with Gasteiger partial charge in [-0.3, -0.25) is 14.9 Å². The Kier molecular flexibility index (Phi) is 7.11. The van der Waals surface area contributed by atoms with Crippen LogP contribution in [0.2, 0.25) is 5.02 Å². The van der Waals surface area contributed by atoms with E-state index in [4.69, 9.17) is 11.6 Å². The van der Waals surface area contributed by atoms with Crippen molar-refractivity contribution in [3.05, 3.63) is 68.7 Å². The van der Waals surface area contributed by atoms with Crippen molar-refractivity contribution < 1.29 is 32.8 Å². The molecule has 0 bridgehead atoms. The highest BCUT2D eigenvalue weighted by atomic mass is 35.5. The van der Waals surface area contributed by atoms with E-state index in [1.54, 1.807) is 29.2 Å². The maximum absolute atomic E-state index is 13.8.